The molecule has 2 aromatic rings. The summed E-state index contributed by atoms with van der Waals surface area (Å²) < 4.78 is 0. The number of nitrogens with one attached hydrogen (secondary N) is 1. The third kappa shape index (κ3) is 3.17. The largest absolute Gasteiger partial charge is 0.411 e. The van der Waals surface area contributed by atoms with Gasteiger partial charge in [0.1, 0.15) is 0 Å². The maximum absolute atomic E-state index is 12.6. The van der Waals surface area contributed by atoms with Crippen LogP contribution in [0.15, 0.2) is 41.6 Å². The van der Waals surface area contributed by atoms with E-state index in [1.807, 2.05) is 45.0 Å². The molecular formula is C18H20N2O2. The molecule has 0 saturated carbocycles. The highest BCUT2D eigenvalue weighted by Crippen LogP contribution is 2.21. The molecule has 0 fully saturated rings. The Labute approximate surface area is 130 Å². The molecule has 0 saturated heterocycles. The highest BCUT2D eigenvalue weighted by atomic mass is 16.4. The van der Waals surface area contributed by atoms with Gasteiger partial charge in [0, 0.05) is 11.1 Å². The van der Waals surface area contributed by atoms with Gasteiger partial charge in [0.25, 0.3) is 5.91 Å². The first-order valence-corrected chi connectivity index (χ1v) is 7.11. The van der Waals surface area contributed by atoms with Crippen LogP contribution in [0.25, 0.3) is 0 Å². The average molecular weight is 296 g/mol. The van der Waals surface area contributed by atoms with Crippen molar-refractivity contribution in [3.8, 4) is 0 Å². The molecule has 0 aromatic heterocycles. The van der Waals surface area contributed by atoms with Gasteiger partial charge in [-0.1, -0.05) is 41.1 Å². The second-order valence-electron chi connectivity index (χ2n) is 5.46. The Balaban J connectivity index is 2.39. The van der Waals surface area contributed by atoms with Crippen molar-refractivity contribution in [3.05, 3.63) is 64.2 Å². The van der Waals surface area contributed by atoms with E-state index in [2.05, 4.69) is 10.5 Å². The Morgan fingerprint density at radius 2 is 1.68 bits per heavy atom. The molecule has 0 unspecified atom stereocenters. The standard InChI is InChI=1S/C18H20N2O2/c1-11-9-12(2)17(13(3)10-11)18(21)19-16-8-6-5-7-15(16)14(4)20-22/h5-10,22H,1-4H3,(H,19,21)/b20-14+. The molecule has 4 heteroatoms. The Bertz CT molecular complexity index is 725. The molecule has 0 heterocycles. The van der Waals surface area contributed by atoms with Gasteiger partial charge in [0.2, 0.25) is 0 Å². The number of para-hydroxylation sites is 1. The van der Waals surface area contributed by atoms with Crippen molar-refractivity contribution >= 4 is 17.3 Å². The Hall–Kier alpha value is -2.62. The Morgan fingerprint density at radius 1 is 1.09 bits per heavy atom. The van der Waals surface area contributed by atoms with Crippen molar-refractivity contribution in [2.24, 2.45) is 5.16 Å². The lowest BCUT2D eigenvalue weighted by molar-refractivity contribution is 0.102. The summed E-state index contributed by atoms with van der Waals surface area (Å²) in [5.41, 5.74) is 5.48. The fraction of sp³-hybridized carbons (Fsp3) is 0.222. The van der Waals surface area contributed by atoms with Gasteiger partial charge in [-0.15, -0.1) is 0 Å². The molecule has 0 radical (unpaired) electrons. The molecule has 0 aliphatic heterocycles. The third-order valence-corrected chi connectivity index (χ3v) is 3.62. The molecule has 1 amide bonds. The van der Waals surface area contributed by atoms with E-state index >= 15 is 0 Å². The minimum Gasteiger partial charge on any atom is -0.411 e. The zero-order chi connectivity index (χ0) is 16.3. The lowest BCUT2D eigenvalue weighted by atomic mass is 9.99. The van der Waals surface area contributed by atoms with Gasteiger partial charge in [0.05, 0.1) is 11.4 Å². The summed E-state index contributed by atoms with van der Waals surface area (Å²) in [6.45, 7) is 7.56. The van der Waals surface area contributed by atoms with E-state index < -0.39 is 0 Å². The number of nitrogens with zero attached hydrogens (tertiary/aromatic N) is 1. The van der Waals surface area contributed by atoms with Crippen molar-refractivity contribution in [2.75, 3.05) is 5.32 Å². The van der Waals surface area contributed by atoms with Crippen LogP contribution in [0.4, 0.5) is 5.69 Å². The van der Waals surface area contributed by atoms with Gasteiger partial charge in [0.15, 0.2) is 0 Å². The normalized spacial score (nSPS) is 11.4. The maximum atomic E-state index is 12.6. The minimum atomic E-state index is -0.159. The van der Waals surface area contributed by atoms with Crippen molar-refractivity contribution in [1.29, 1.82) is 0 Å². The van der Waals surface area contributed by atoms with Gasteiger partial charge in [-0.2, -0.15) is 0 Å². The van der Waals surface area contributed by atoms with E-state index in [4.69, 9.17) is 5.21 Å². The number of hydrogen-bond acceptors (Lipinski definition) is 3. The van der Waals surface area contributed by atoms with Crippen LogP contribution >= 0.6 is 0 Å². The zero-order valence-corrected chi connectivity index (χ0v) is 13.3. The number of carbonyl (C=O) groups is 1. The van der Waals surface area contributed by atoms with Crippen LogP contribution in [0.1, 0.15) is 39.5 Å². The molecule has 2 rings (SSSR count). The molecule has 22 heavy (non-hydrogen) atoms. The predicted octanol–water partition coefficient (Wildman–Crippen LogP) is 4.06. The van der Waals surface area contributed by atoms with Crippen molar-refractivity contribution in [3.63, 3.8) is 0 Å². The molecule has 4 nitrogen and oxygen atoms in total. The fourth-order valence-electron chi connectivity index (χ4n) is 2.68. The number of anilines is 1. The first-order chi connectivity index (χ1) is 10.4. The number of oxime groups is 1. The SMILES string of the molecule is C/C(=N\O)c1ccccc1NC(=O)c1c(C)cc(C)cc1C. The first kappa shape index (κ1) is 15.8. The summed E-state index contributed by atoms with van der Waals surface area (Å²) in [6.07, 6.45) is 0. The number of amides is 1. The molecule has 0 spiro atoms. The molecular weight excluding hydrogens is 276 g/mol. The Kier molecular flexibility index (Phi) is 4.61. The van der Waals surface area contributed by atoms with Crippen molar-refractivity contribution < 1.29 is 10.0 Å². The summed E-state index contributed by atoms with van der Waals surface area (Å²) in [7, 11) is 0. The van der Waals surface area contributed by atoms with E-state index in [-0.39, 0.29) is 5.91 Å². The number of aryl methyl sites for hydroxylation is 3. The number of rotatable bonds is 3. The van der Waals surface area contributed by atoms with Gasteiger partial charge in [-0.25, -0.2) is 0 Å². The van der Waals surface area contributed by atoms with Crippen LogP contribution in [-0.4, -0.2) is 16.8 Å². The smallest absolute Gasteiger partial charge is 0.256 e. The summed E-state index contributed by atoms with van der Waals surface area (Å²) >= 11 is 0. The lowest BCUT2D eigenvalue weighted by Gasteiger charge is -2.14. The van der Waals surface area contributed by atoms with Crippen molar-refractivity contribution in [1.82, 2.24) is 0 Å². The molecule has 0 aliphatic carbocycles. The van der Waals surface area contributed by atoms with Crippen LogP contribution in [-0.2, 0) is 0 Å². The number of benzene rings is 2. The number of carbonyl (C=O) groups excluding carboxylic acids is 1. The quantitative estimate of drug-likeness (QED) is 0.509. The van der Waals surface area contributed by atoms with Crippen LogP contribution in [0.5, 0.6) is 0 Å². The number of hydrogen-bond donors (Lipinski definition) is 2. The molecule has 2 aromatic carbocycles. The third-order valence-electron chi connectivity index (χ3n) is 3.62. The van der Waals surface area contributed by atoms with Crippen LogP contribution < -0.4 is 5.32 Å². The van der Waals surface area contributed by atoms with Gasteiger partial charge >= 0.3 is 0 Å². The first-order valence-electron chi connectivity index (χ1n) is 7.11. The molecule has 0 bridgehead atoms. The monoisotopic (exact) mass is 296 g/mol. The predicted molar refractivity (Wildman–Crippen MR) is 89.0 cm³/mol. The van der Waals surface area contributed by atoms with E-state index in [9.17, 15) is 4.79 Å². The van der Waals surface area contributed by atoms with E-state index in [1.165, 1.54) is 0 Å². The lowest BCUT2D eigenvalue weighted by Crippen LogP contribution is -2.17. The summed E-state index contributed by atoms with van der Waals surface area (Å²) in [6, 6.07) is 11.3. The summed E-state index contributed by atoms with van der Waals surface area (Å²) in [4.78, 5) is 12.6. The van der Waals surface area contributed by atoms with E-state index in [0.29, 0.717) is 22.5 Å². The second-order valence-corrected chi connectivity index (χ2v) is 5.46. The second kappa shape index (κ2) is 6.43. The van der Waals surface area contributed by atoms with Gasteiger partial charge in [-0.05, 0) is 44.9 Å². The molecule has 0 atom stereocenters. The van der Waals surface area contributed by atoms with Crippen LogP contribution in [0, 0.1) is 20.8 Å². The van der Waals surface area contributed by atoms with Gasteiger partial charge in [-0.3, -0.25) is 4.79 Å². The Morgan fingerprint density at radius 3 is 2.27 bits per heavy atom. The van der Waals surface area contributed by atoms with Crippen LogP contribution in [0.3, 0.4) is 0 Å². The minimum absolute atomic E-state index is 0.159. The molecule has 114 valence electrons. The summed E-state index contributed by atoms with van der Waals surface area (Å²) in [5.74, 6) is -0.159. The topological polar surface area (TPSA) is 61.7 Å². The molecule has 2 N–H and O–H groups in total. The highest BCUT2D eigenvalue weighted by molar-refractivity contribution is 6.11. The zero-order valence-electron chi connectivity index (χ0n) is 13.3. The van der Waals surface area contributed by atoms with Crippen molar-refractivity contribution in [2.45, 2.75) is 27.7 Å². The van der Waals surface area contributed by atoms with Crippen LogP contribution in [0.2, 0.25) is 0 Å². The summed E-state index contributed by atoms with van der Waals surface area (Å²) in [5, 5.41) is 15.1. The van der Waals surface area contributed by atoms with E-state index in [0.717, 1.165) is 16.7 Å². The van der Waals surface area contributed by atoms with Gasteiger partial charge < -0.3 is 10.5 Å². The molecule has 0 aliphatic rings. The maximum Gasteiger partial charge on any atom is 0.256 e. The highest BCUT2D eigenvalue weighted by Gasteiger charge is 2.15. The fourth-order valence-corrected chi connectivity index (χ4v) is 2.68. The van der Waals surface area contributed by atoms with E-state index in [1.54, 1.807) is 19.1 Å². The average Bonchev–Trinajstić information content (AvgIpc) is 2.46.